The molecule has 0 saturated carbocycles. The van der Waals surface area contributed by atoms with Gasteiger partial charge >= 0.3 is 0 Å². The van der Waals surface area contributed by atoms with Crippen LogP contribution in [-0.2, 0) is 10.8 Å². The Morgan fingerprint density at radius 3 is 1.26 bits per heavy atom. The van der Waals surface area contributed by atoms with Crippen molar-refractivity contribution in [3.8, 4) is 33.4 Å². The van der Waals surface area contributed by atoms with Crippen molar-refractivity contribution in [1.29, 1.82) is 0 Å². The molecule has 14 aromatic rings. The van der Waals surface area contributed by atoms with Crippen molar-refractivity contribution >= 4 is 109 Å². The van der Waals surface area contributed by atoms with Gasteiger partial charge < -0.3 is 8.83 Å². The van der Waals surface area contributed by atoms with Gasteiger partial charge in [0.15, 0.2) is 0 Å². The van der Waals surface area contributed by atoms with E-state index in [4.69, 9.17) is 8.83 Å². The first kappa shape index (κ1) is 37.7. The Morgan fingerprint density at radius 1 is 0.288 bits per heavy atom. The van der Waals surface area contributed by atoms with Crippen LogP contribution in [-0.4, -0.2) is 0 Å². The molecule has 0 bridgehead atoms. The standard InChI is InChI=1S/C64H46O2/c1-63(2,3)44-28-40-12-10-35-14-21-46(48-23-16-42(30-44)58(40)60(35)48)39-20-27-56-54(34-39)53-33-38(18-25-55(53)65-56)37-19-26-57-52(32-37)51-9-7-8-50(62(51)66-57)47-22-15-36-11-13-41-29-45(64(4,5)6)31-43-17-24-49(47)61(36)59(41)43/h7-34H,1-6H3. The van der Waals surface area contributed by atoms with E-state index in [1.54, 1.807) is 0 Å². The quantitative estimate of drug-likeness (QED) is 0.166. The van der Waals surface area contributed by atoms with Gasteiger partial charge in [0.05, 0.1) is 0 Å². The molecular formula is C64H46O2. The fraction of sp³-hybridized carbons (Fsp3) is 0.125. The van der Waals surface area contributed by atoms with Crippen LogP contribution in [0.4, 0.5) is 0 Å². The summed E-state index contributed by atoms with van der Waals surface area (Å²) in [4.78, 5) is 0. The predicted molar refractivity (Wildman–Crippen MR) is 282 cm³/mol. The number of fused-ring (bicyclic) bond motifs is 6. The average Bonchev–Trinajstić information content (AvgIpc) is 3.89. The van der Waals surface area contributed by atoms with Crippen molar-refractivity contribution in [2.75, 3.05) is 0 Å². The number of hydrogen-bond acceptors (Lipinski definition) is 2. The molecule has 0 spiro atoms. The highest BCUT2D eigenvalue weighted by Gasteiger charge is 2.22. The van der Waals surface area contributed by atoms with Gasteiger partial charge in [0.25, 0.3) is 0 Å². The van der Waals surface area contributed by atoms with E-state index in [-0.39, 0.29) is 10.8 Å². The van der Waals surface area contributed by atoms with E-state index >= 15 is 0 Å². The second kappa shape index (κ2) is 13.0. The fourth-order valence-corrected chi connectivity index (χ4v) is 11.3. The van der Waals surface area contributed by atoms with E-state index in [1.165, 1.54) is 92.5 Å². The summed E-state index contributed by atoms with van der Waals surface area (Å²) < 4.78 is 13.3. The smallest absolute Gasteiger partial charge is 0.143 e. The second-order valence-electron chi connectivity index (χ2n) is 20.9. The van der Waals surface area contributed by atoms with E-state index < -0.39 is 0 Å². The maximum atomic E-state index is 6.81. The highest BCUT2D eigenvalue weighted by Crippen LogP contribution is 2.46. The summed E-state index contributed by atoms with van der Waals surface area (Å²) in [5.74, 6) is 0. The maximum absolute atomic E-state index is 6.81. The van der Waals surface area contributed by atoms with Gasteiger partial charge in [-0.2, -0.15) is 0 Å². The SMILES string of the molecule is CC(C)(C)c1cc2ccc3ccc(-c4ccc5oc6ccc(-c7ccc8oc9c(-c%10ccc%11ccc%12cc(C(C)(C)C)cc%13ccc%10c%11c%12%13)cccc9c8c7)cc6c5c4)c4ccc(c1)c2c34. The number of furan rings is 2. The van der Waals surface area contributed by atoms with Gasteiger partial charge in [-0.15, -0.1) is 0 Å². The van der Waals surface area contributed by atoms with Gasteiger partial charge in [-0.1, -0.05) is 175 Å². The maximum Gasteiger partial charge on any atom is 0.143 e. The molecule has 0 fully saturated rings. The molecule has 0 saturated heterocycles. The van der Waals surface area contributed by atoms with Gasteiger partial charge in [0.2, 0.25) is 0 Å². The highest BCUT2D eigenvalue weighted by molar-refractivity contribution is 6.28. The van der Waals surface area contributed by atoms with Crippen LogP contribution in [0, 0.1) is 0 Å². The lowest BCUT2D eigenvalue weighted by atomic mass is 9.82. The second-order valence-corrected chi connectivity index (χ2v) is 20.9. The van der Waals surface area contributed by atoms with Crippen molar-refractivity contribution in [3.05, 3.63) is 181 Å². The van der Waals surface area contributed by atoms with Crippen LogP contribution in [0.25, 0.3) is 142 Å². The lowest BCUT2D eigenvalue weighted by Crippen LogP contribution is -2.10. The first-order chi connectivity index (χ1) is 31.9. The summed E-state index contributed by atoms with van der Waals surface area (Å²) >= 11 is 0. The first-order valence-electron chi connectivity index (χ1n) is 23.3. The normalized spacial score (nSPS) is 13.0. The van der Waals surface area contributed by atoms with Crippen LogP contribution in [0.3, 0.4) is 0 Å². The molecule has 0 atom stereocenters. The topological polar surface area (TPSA) is 26.3 Å². The van der Waals surface area contributed by atoms with Crippen molar-refractivity contribution in [2.24, 2.45) is 0 Å². The molecule has 2 aromatic heterocycles. The van der Waals surface area contributed by atoms with E-state index in [0.717, 1.165) is 60.6 Å². The van der Waals surface area contributed by atoms with Gasteiger partial charge in [0, 0.05) is 27.1 Å². The monoisotopic (exact) mass is 846 g/mol. The molecule has 0 aliphatic rings. The molecule has 12 aromatic carbocycles. The Kier molecular flexibility index (Phi) is 7.41. The largest absolute Gasteiger partial charge is 0.456 e. The molecule has 2 heterocycles. The summed E-state index contributed by atoms with van der Waals surface area (Å²) in [6.07, 6.45) is 0. The Bertz CT molecular complexity index is 4300. The number of benzene rings is 12. The summed E-state index contributed by atoms with van der Waals surface area (Å²) in [7, 11) is 0. The zero-order valence-corrected chi connectivity index (χ0v) is 38.0. The first-order valence-corrected chi connectivity index (χ1v) is 23.3. The van der Waals surface area contributed by atoms with Crippen molar-refractivity contribution < 1.29 is 8.83 Å². The van der Waals surface area contributed by atoms with E-state index in [2.05, 4.69) is 211 Å². The molecule has 0 amide bonds. The van der Waals surface area contributed by atoms with Crippen molar-refractivity contribution in [3.63, 3.8) is 0 Å². The molecule has 2 nitrogen and oxygen atoms in total. The predicted octanol–water partition coefficient (Wildman–Crippen LogP) is 18.9. The molecule has 0 radical (unpaired) electrons. The van der Waals surface area contributed by atoms with Gasteiger partial charge in [-0.05, 0) is 151 Å². The fourth-order valence-electron chi connectivity index (χ4n) is 11.3. The Labute approximate surface area is 382 Å². The summed E-state index contributed by atoms with van der Waals surface area (Å²) in [6.45, 7) is 13.8. The molecule has 2 heteroatoms. The van der Waals surface area contributed by atoms with Gasteiger partial charge in [-0.3, -0.25) is 0 Å². The molecule has 66 heavy (non-hydrogen) atoms. The van der Waals surface area contributed by atoms with Gasteiger partial charge in [-0.25, -0.2) is 0 Å². The van der Waals surface area contributed by atoms with E-state index in [0.29, 0.717) is 0 Å². The summed E-state index contributed by atoms with van der Waals surface area (Å²) in [5.41, 5.74) is 13.5. The molecule has 0 N–H and O–H groups in total. The lowest BCUT2D eigenvalue weighted by molar-refractivity contribution is 0.591. The van der Waals surface area contributed by atoms with Crippen molar-refractivity contribution in [1.82, 2.24) is 0 Å². The number of hydrogen-bond donors (Lipinski definition) is 0. The van der Waals surface area contributed by atoms with Gasteiger partial charge in [0.1, 0.15) is 22.3 Å². The van der Waals surface area contributed by atoms with E-state index in [9.17, 15) is 0 Å². The average molecular weight is 847 g/mol. The highest BCUT2D eigenvalue weighted by atomic mass is 16.3. The molecule has 14 rings (SSSR count). The summed E-state index contributed by atoms with van der Waals surface area (Å²) in [5, 5.41) is 20.1. The van der Waals surface area contributed by atoms with Crippen molar-refractivity contribution in [2.45, 2.75) is 52.4 Å². The Morgan fingerprint density at radius 2 is 0.712 bits per heavy atom. The van der Waals surface area contributed by atoms with Crippen LogP contribution in [0.5, 0.6) is 0 Å². The minimum Gasteiger partial charge on any atom is -0.456 e. The van der Waals surface area contributed by atoms with Crippen LogP contribution >= 0.6 is 0 Å². The minimum atomic E-state index is 0.0721. The molecule has 0 unspecified atom stereocenters. The van der Waals surface area contributed by atoms with Crippen LogP contribution in [0.15, 0.2) is 179 Å². The summed E-state index contributed by atoms with van der Waals surface area (Å²) in [6, 6.07) is 63.6. The molecular weight excluding hydrogens is 801 g/mol. The van der Waals surface area contributed by atoms with Crippen LogP contribution < -0.4 is 0 Å². The molecule has 314 valence electrons. The molecule has 0 aliphatic carbocycles. The number of rotatable bonds is 3. The van der Waals surface area contributed by atoms with E-state index in [1.807, 2.05) is 0 Å². The zero-order valence-electron chi connectivity index (χ0n) is 38.0. The molecule has 0 aliphatic heterocycles. The third-order valence-electron chi connectivity index (χ3n) is 14.8. The lowest BCUT2D eigenvalue weighted by Gasteiger charge is -2.22. The third kappa shape index (κ3) is 5.36. The van der Waals surface area contributed by atoms with Crippen LogP contribution in [0.2, 0.25) is 0 Å². The Balaban J connectivity index is 0.875. The minimum absolute atomic E-state index is 0.0721. The zero-order chi connectivity index (χ0) is 44.4. The third-order valence-corrected chi connectivity index (χ3v) is 14.8. The van der Waals surface area contributed by atoms with Crippen LogP contribution in [0.1, 0.15) is 52.7 Å². The number of para-hydroxylation sites is 1. The Hall–Kier alpha value is -7.68.